The molecule has 1 fully saturated rings. The number of hydrogen-bond acceptors (Lipinski definition) is 4. The number of aromatic nitrogens is 5. The van der Waals surface area contributed by atoms with Crippen molar-refractivity contribution >= 4 is 5.91 Å². The van der Waals surface area contributed by atoms with Gasteiger partial charge in [-0.3, -0.25) is 19.1 Å². The molecule has 1 saturated carbocycles. The van der Waals surface area contributed by atoms with Gasteiger partial charge in [-0.15, -0.1) is 0 Å². The number of carbonyl (C=O) groups excluding carboxylic acids is 1. The minimum Gasteiger partial charge on any atom is -0.345 e. The molecule has 0 aliphatic heterocycles. The van der Waals surface area contributed by atoms with Crippen molar-refractivity contribution in [1.29, 1.82) is 0 Å². The SMILES string of the molecule is Cn1nc(-c2ccc(F)cc2)cc1C(=O)NCc1cc(-c2ccccn2)n(C2CCCC2)n1. The third-order valence-electron chi connectivity index (χ3n) is 6.07. The van der Waals surface area contributed by atoms with E-state index < -0.39 is 0 Å². The van der Waals surface area contributed by atoms with Crippen molar-refractivity contribution in [3.63, 3.8) is 0 Å². The highest BCUT2D eigenvalue weighted by Crippen LogP contribution is 2.33. The van der Waals surface area contributed by atoms with E-state index >= 15 is 0 Å². The summed E-state index contributed by atoms with van der Waals surface area (Å²) in [5, 5.41) is 12.2. The number of carbonyl (C=O) groups is 1. The number of nitrogens with one attached hydrogen (secondary N) is 1. The summed E-state index contributed by atoms with van der Waals surface area (Å²) in [5.41, 5.74) is 4.44. The van der Waals surface area contributed by atoms with Gasteiger partial charge in [0.15, 0.2) is 0 Å². The van der Waals surface area contributed by atoms with Gasteiger partial charge in [-0.1, -0.05) is 18.9 Å². The van der Waals surface area contributed by atoms with Crippen LogP contribution in [0.2, 0.25) is 0 Å². The van der Waals surface area contributed by atoms with Crippen LogP contribution in [0.4, 0.5) is 4.39 Å². The van der Waals surface area contributed by atoms with Crippen LogP contribution in [0.1, 0.15) is 47.9 Å². The first-order chi connectivity index (χ1) is 16.1. The summed E-state index contributed by atoms with van der Waals surface area (Å²) in [5.74, 6) is -0.553. The molecule has 0 radical (unpaired) electrons. The predicted octanol–water partition coefficient (Wildman–Crippen LogP) is 4.53. The summed E-state index contributed by atoms with van der Waals surface area (Å²) in [6.45, 7) is 0.301. The predicted molar refractivity (Wildman–Crippen MR) is 123 cm³/mol. The number of nitrogens with zero attached hydrogens (tertiary/aromatic N) is 5. The van der Waals surface area contributed by atoms with Gasteiger partial charge >= 0.3 is 0 Å². The van der Waals surface area contributed by atoms with Crippen molar-refractivity contribution in [2.75, 3.05) is 0 Å². The first-order valence-electron chi connectivity index (χ1n) is 11.2. The molecular formula is C25H25FN6O. The number of rotatable bonds is 6. The molecular weight excluding hydrogens is 419 g/mol. The Bertz CT molecular complexity index is 1260. The van der Waals surface area contributed by atoms with Gasteiger partial charge in [-0.2, -0.15) is 10.2 Å². The van der Waals surface area contributed by atoms with Crippen LogP contribution >= 0.6 is 0 Å². The highest BCUT2D eigenvalue weighted by atomic mass is 19.1. The average molecular weight is 445 g/mol. The van der Waals surface area contributed by atoms with Crippen LogP contribution in [0, 0.1) is 5.82 Å². The van der Waals surface area contributed by atoms with E-state index in [1.54, 1.807) is 31.4 Å². The zero-order chi connectivity index (χ0) is 22.8. The Morgan fingerprint density at radius 2 is 1.85 bits per heavy atom. The highest BCUT2D eigenvalue weighted by molar-refractivity contribution is 5.93. The molecule has 3 heterocycles. The van der Waals surface area contributed by atoms with E-state index in [4.69, 9.17) is 5.10 Å². The lowest BCUT2D eigenvalue weighted by atomic mass is 10.1. The zero-order valence-corrected chi connectivity index (χ0v) is 18.4. The maximum absolute atomic E-state index is 13.2. The van der Waals surface area contributed by atoms with Crippen molar-refractivity contribution in [1.82, 2.24) is 29.9 Å². The van der Waals surface area contributed by atoms with Crippen LogP contribution in [-0.4, -0.2) is 30.5 Å². The minimum atomic E-state index is -0.310. The lowest BCUT2D eigenvalue weighted by molar-refractivity contribution is 0.0941. The van der Waals surface area contributed by atoms with Crippen LogP contribution in [-0.2, 0) is 13.6 Å². The summed E-state index contributed by atoms with van der Waals surface area (Å²) in [6.07, 6.45) is 6.40. The van der Waals surface area contributed by atoms with Crippen molar-refractivity contribution in [2.24, 2.45) is 7.05 Å². The first kappa shape index (κ1) is 21.1. The van der Waals surface area contributed by atoms with Gasteiger partial charge in [0, 0.05) is 18.8 Å². The molecule has 0 spiro atoms. The van der Waals surface area contributed by atoms with Gasteiger partial charge in [0.1, 0.15) is 11.5 Å². The topological polar surface area (TPSA) is 77.6 Å². The minimum absolute atomic E-state index is 0.242. The fourth-order valence-corrected chi connectivity index (χ4v) is 4.37. The van der Waals surface area contributed by atoms with Crippen molar-refractivity contribution in [2.45, 2.75) is 38.3 Å². The lowest BCUT2D eigenvalue weighted by Gasteiger charge is -2.13. The summed E-state index contributed by atoms with van der Waals surface area (Å²) in [6, 6.07) is 16.0. The molecule has 1 aromatic carbocycles. The van der Waals surface area contributed by atoms with Crippen LogP contribution in [0.5, 0.6) is 0 Å². The van der Waals surface area contributed by atoms with E-state index in [1.807, 2.05) is 24.3 Å². The maximum Gasteiger partial charge on any atom is 0.269 e. The fourth-order valence-electron chi connectivity index (χ4n) is 4.37. The van der Waals surface area contributed by atoms with E-state index in [0.29, 0.717) is 24.0 Å². The molecule has 3 aromatic heterocycles. The van der Waals surface area contributed by atoms with Crippen LogP contribution in [0.3, 0.4) is 0 Å². The number of halogens is 1. The largest absolute Gasteiger partial charge is 0.345 e. The number of benzene rings is 1. The van der Waals surface area contributed by atoms with Crippen LogP contribution < -0.4 is 5.32 Å². The number of pyridine rings is 1. The van der Waals surface area contributed by atoms with Gasteiger partial charge in [0.25, 0.3) is 5.91 Å². The molecule has 1 aliphatic carbocycles. The van der Waals surface area contributed by atoms with Gasteiger partial charge in [0.05, 0.1) is 35.4 Å². The molecule has 4 aromatic rings. The first-order valence-corrected chi connectivity index (χ1v) is 11.2. The van der Waals surface area contributed by atoms with E-state index in [0.717, 1.165) is 35.5 Å². The van der Waals surface area contributed by atoms with E-state index in [-0.39, 0.29) is 11.7 Å². The zero-order valence-electron chi connectivity index (χ0n) is 18.4. The maximum atomic E-state index is 13.2. The smallest absolute Gasteiger partial charge is 0.269 e. The molecule has 1 amide bonds. The number of amides is 1. The molecule has 1 N–H and O–H groups in total. The normalized spacial score (nSPS) is 14.0. The molecule has 1 aliphatic rings. The van der Waals surface area contributed by atoms with Crippen molar-refractivity contribution in [3.8, 4) is 22.6 Å². The van der Waals surface area contributed by atoms with Crippen molar-refractivity contribution in [3.05, 3.63) is 78.0 Å². The van der Waals surface area contributed by atoms with Gasteiger partial charge in [0.2, 0.25) is 0 Å². The monoisotopic (exact) mass is 444 g/mol. The molecule has 0 bridgehead atoms. The molecule has 7 nitrogen and oxygen atoms in total. The molecule has 8 heteroatoms. The Kier molecular flexibility index (Phi) is 5.73. The molecule has 5 rings (SSSR count). The van der Waals surface area contributed by atoms with Crippen LogP contribution in [0.25, 0.3) is 22.6 Å². The second kappa shape index (κ2) is 8.97. The summed E-state index contributed by atoms with van der Waals surface area (Å²) in [4.78, 5) is 17.4. The Hall–Kier alpha value is -3.81. The standard InChI is InChI=1S/C25H25FN6O/c1-31-24(15-22(30-31)17-9-11-18(26)12-10-17)25(33)28-16-19-14-23(21-8-4-5-13-27-21)32(29-19)20-6-2-3-7-20/h4-5,8-15,20H,2-3,6-7,16H2,1H3,(H,28,33). The van der Waals surface area contributed by atoms with Crippen molar-refractivity contribution < 1.29 is 9.18 Å². The number of aryl methyl sites for hydroxylation is 1. The number of hydrogen-bond donors (Lipinski definition) is 1. The lowest BCUT2D eigenvalue weighted by Crippen LogP contribution is -2.25. The summed E-state index contributed by atoms with van der Waals surface area (Å²) < 4.78 is 16.8. The van der Waals surface area contributed by atoms with E-state index in [2.05, 4.69) is 20.1 Å². The van der Waals surface area contributed by atoms with E-state index in [1.165, 1.54) is 29.7 Å². The molecule has 0 saturated heterocycles. The molecule has 0 atom stereocenters. The Morgan fingerprint density at radius 1 is 1.06 bits per heavy atom. The Morgan fingerprint density at radius 3 is 2.58 bits per heavy atom. The second-order valence-corrected chi connectivity index (χ2v) is 8.35. The van der Waals surface area contributed by atoms with E-state index in [9.17, 15) is 9.18 Å². The summed E-state index contributed by atoms with van der Waals surface area (Å²) >= 11 is 0. The summed E-state index contributed by atoms with van der Waals surface area (Å²) in [7, 11) is 1.72. The Balaban J connectivity index is 1.34. The third-order valence-corrected chi connectivity index (χ3v) is 6.07. The third kappa shape index (κ3) is 4.41. The van der Waals surface area contributed by atoms with Gasteiger partial charge in [-0.05, 0) is 61.4 Å². The second-order valence-electron chi connectivity index (χ2n) is 8.35. The average Bonchev–Trinajstić information content (AvgIpc) is 3.58. The molecule has 0 unspecified atom stereocenters. The van der Waals surface area contributed by atoms with Gasteiger partial charge < -0.3 is 5.32 Å². The van der Waals surface area contributed by atoms with Crippen LogP contribution in [0.15, 0.2) is 60.8 Å². The van der Waals surface area contributed by atoms with Gasteiger partial charge in [-0.25, -0.2) is 4.39 Å². The highest BCUT2D eigenvalue weighted by Gasteiger charge is 2.23. The molecule has 168 valence electrons. The fraction of sp³-hybridized carbons (Fsp3) is 0.280. The quantitative estimate of drug-likeness (QED) is 0.474. The Labute approximate surface area is 191 Å². The molecule has 33 heavy (non-hydrogen) atoms.